The second-order valence-corrected chi connectivity index (χ2v) is 4.54. The lowest BCUT2D eigenvalue weighted by Gasteiger charge is -2.30. The molecule has 0 radical (unpaired) electrons. The Bertz CT molecular complexity index is 635. The highest BCUT2D eigenvalue weighted by atomic mass is 16.4. The molecule has 1 aliphatic rings. The number of benzene rings is 1. The minimum Gasteiger partial charge on any atom is -0.478 e. The van der Waals surface area contributed by atoms with E-state index in [1.54, 1.807) is 18.3 Å². The Labute approximate surface area is 110 Å². The summed E-state index contributed by atoms with van der Waals surface area (Å²) in [6.07, 6.45) is 3.75. The van der Waals surface area contributed by atoms with Crippen LogP contribution in [0.2, 0.25) is 0 Å². The van der Waals surface area contributed by atoms with E-state index < -0.39 is 5.97 Å². The van der Waals surface area contributed by atoms with Crippen LogP contribution in [0.15, 0.2) is 30.6 Å². The van der Waals surface area contributed by atoms with E-state index in [0.29, 0.717) is 12.2 Å². The van der Waals surface area contributed by atoms with Crippen LogP contribution >= 0.6 is 0 Å². The van der Waals surface area contributed by atoms with Gasteiger partial charge in [0.15, 0.2) is 0 Å². The highest BCUT2D eigenvalue weighted by Gasteiger charge is 2.19. The van der Waals surface area contributed by atoms with E-state index in [4.69, 9.17) is 10.8 Å². The summed E-state index contributed by atoms with van der Waals surface area (Å²) in [5.74, 6) is 0.0281. The SMILES string of the molecule is Nc1cc(C(=O)O)ccc1N1CCn2ccnc2C1. The third kappa shape index (κ3) is 2.01. The number of aromatic nitrogens is 2. The third-order valence-electron chi connectivity index (χ3n) is 3.36. The topological polar surface area (TPSA) is 84.4 Å². The molecule has 0 fully saturated rings. The second kappa shape index (κ2) is 4.31. The second-order valence-electron chi connectivity index (χ2n) is 4.54. The molecule has 0 amide bonds. The Balaban J connectivity index is 1.90. The van der Waals surface area contributed by atoms with E-state index in [0.717, 1.165) is 24.6 Å². The minimum absolute atomic E-state index is 0.208. The van der Waals surface area contributed by atoms with Gasteiger partial charge in [0, 0.05) is 25.5 Å². The largest absolute Gasteiger partial charge is 0.478 e. The molecule has 0 aliphatic carbocycles. The number of imidazole rings is 1. The predicted molar refractivity (Wildman–Crippen MR) is 71.1 cm³/mol. The fourth-order valence-electron chi connectivity index (χ4n) is 2.35. The van der Waals surface area contributed by atoms with Crippen LogP contribution in [-0.2, 0) is 13.1 Å². The van der Waals surface area contributed by atoms with Crippen LogP contribution in [0.5, 0.6) is 0 Å². The lowest BCUT2D eigenvalue weighted by Crippen LogP contribution is -2.34. The predicted octanol–water partition coefficient (Wildman–Crippen LogP) is 1.18. The molecule has 1 aliphatic heterocycles. The molecule has 1 aromatic heterocycles. The molecule has 2 heterocycles. The molecule has 6 heteroatoms. The molecule has 19 heavy (non-hydrogen) atoms. The Kier molecular flexibility index (Phi) is 2.63. The average Bonchev–Trinajstić information content (AvgIpc) is 2.85. The third-order valence-corrected chi connectivity index (χ3v) is 3.36. The smallest absolute Gasteiger partial charge is 0.335 e. The van der Waals surface area contributed by atoms with Crippen LogP contribution in [0.25, 0.3) is 0 Å². The standard InChI is InChI=1S/C13H14N4O2/c14-10-7-9(13(18)19)1-2-11(10)17-6-5-16-4-3-15-12(16)8-17/h1-4,7H,5-6,8,14H2,(H,18,19). The van der Waals surface area contributed by atoms with Gasteiger partial charge in [0.2, 0.25) is 0 Å². The van der Waals surface area contributed by atoms with Crippen molar-refractivity contribution in [1.29, 1.82) is 0 Å². The molecule has 1 aromatic carbocycles. The molecule has 6 nitrogen and oxygen atoms in total. The summed E-state index contributed by atoms with van der Waals surface area (Å²) in [4.78, 5) is 17.3. The van der Waals surface area contributed by atoms with Crippen LogP contribution < -0.4 is 10.6 Å². The van der Waals surface area contributed by atoms with E-state index in [1.165, 1.54) is 6.07 Å². The summed E-state index contributed by atoms with van der Waals surface area (Å²) in [6, 6.07) is 4.84. The fourth-order valence-corrected chi connectivity index (χ4v) is 2.35. The van der Waals surface area contributed by atoms with E-state index >= 15 is 0 Å². The van der Waals surface area contributed by atoms with Crippen molar-refractivity contribution in [2.45, 2.75) is 13.1 Å². The number of anilines is 2. The number of nitrogens with zero attached hydrogens (tertiary/aromatic N) is 3. The minimum atomic E-state index is -0.965. The number of hydrogen-bond donors (Lipinski definition) is 2. The van der Waals surface area contributed by atoms with Gasteiger partial charge in [-0.1, -0.05) is 0 Å². The normalized spacial score (nSPS) is 14.2. The number of carbonyl (C=O) groups is 1. The number of nitrogens with two attached hydrogens (primary N) is 1. The molecule has 0 bridgehead atoms. The van der Waals surface area contributed by atoms with Crippen LogP contribution in [0.4, 0.5) is 11.4 Å². The quantitative estimate of drug-likeness (QED) is 0.790. The van der Waals surface area contributed by atoms with Crippen LogP contribution in [0.3, 0.4) is 0 Å². The number of nitrogen functional groups attached to an aromatic ring is 1. The van der Waals surface area contributed by atoms with Crippen molar-refractivity contribution in [2.75, 3.05) is 17.2 Å². The van der Waals surface area contributed by atoms with Gasteiger partial charge in [-0.05, 0) is 18.2 Å². The molecule has 0 saturated heterocycles. The van der Waals surface area contributed by atoms with Crippen LogP contribution in [-0.4, -0.2) is 27.2 Å². The summed E-state index contributed by atoms with van der Waals surface area (Å²) >= 11 is 0. The van der Waals surface area contributed by atoms with Gasteiger partial charge in [-0.15, -0.1) is 0 Å². The maximum Gasteiger partial charge on any atom is 0.335 e. The van der Waals surface area contributed by atoms with Crippen molar-refractivity contribution in [2.24, 2.45) is 0 Å². The molecule has 0 atom stereocenters. The maximum absolute atomic E-state index is 10.9. The first-order valence-corrected chi connectivity index (χ1v) is 6.03. The number of hydrogen-bond acceptors (Lipinski definition) is 4. The Morgan fingerprint density at radius 1 is 1.37 bits per heavy atom. The number of rotatable bonds is 2. The van der Waals surface area contributed by atoms with Crippen molar-refractivity contribution >= 4 is 17.3 Å². The fraction of sp³-hybridized carbons (Fsp3) is 0.231. The Hall–Kier alpha value is -2.50. The molecule has 0 saturated carbocycles. The highest BCUT2D eigenvalue weighted by molar-refractivity contribution is 5.90. The van der Waals surface area contributed by atoms with Gasteiger partial charge in [-0.25, -0.2) is 9.78 Å². The molecule has 3 N–H and O–H groups in total. The van der Waals surface area contributed by atoms with Crippen molar-refractivity contribution < 1.29 is 9.90 Å². The highest BCUT2D eigenvalue weighted by Crippen LogP contribution is 2.27. The molecule has 0 spiro atoms. The van der Waals surface area contributed by atoms with Crippen LogP contribution in [0, 0.1) is 0 Å². The van der Waals surface area contributed by atoms with Gasteiger partial charge in [0.1, 0.15) is 5.82 Å². The van der Waals surface area contributed by atoms with Crippen LogP contribution in [0.1, 0.15) is 16.2 Å². The van der Waals surface area contributed by atoms with Gasteiger partial charge in [0.05, 0.1) is 23.5 Å². The first-order valence-electron chi connectivity index (χ1n) is 6.03. The molecular formula is C13H14N4O2. The van der Waals surface area contributed by atoms with Crippen molar-refractivity contribution in [3.05, 3.63) is 42.0 Å². The van der Waals surface area contributed by atoms with Crippen molar-refractivity contribution in [3.63, 3.8) is 0 Å². The number of aromatic carboxylic acids is 1. The summed E-state index contributed by atoms with van der Waals surface area (Å²) in [7, 11) is 0. The molecule has 3 rings (SSSR count). The Morgan fingerprint density at radius 2 is 2.21 bits per heavy atom. The van der Waals surface area contributed by atoms with Gasteiger partial charge in [-0.3, -0.25) is 0 Å². The molecular weight excluding hydrogens is 244 g/mol. The van der Waals surface area contributed by atoms with E-state index in [1.807, 2.05) is 6.20 Å². The van der Waals surface area contributed by atoms with E-state index in [9.17, 15) is 4.79 Å². The van der Waals surface area contributed by atoms with Gasteiger partial charge < -0.3 is 20.3 Å². The molecule has 0 unspecified atom stereocenters. The molecule has 98 valence electrons. The zero-order valence-electron chi connectivity index (χ0n) is 10.3. The number of fused-ring (bicyclic) bond motifs is 1. The summed E-state index contributed by atoms with van der Waals surface area (Å²) in [5, 5.41) is 8.93. The molecule has 2 aromatic rings. The lowest BCUT2D eigenvalue weighted by molar-refractivity contribution is 0.0697. The zero-order chi connectivity index (χ0) is 13.4. The van der Waals surface area contributed by atoms with Gasteiger partial charge >= 0.3 is 5.97 Å². The van der Waals surface area contributed by atoms with Crippen molar-refractivity contribution in [3.8, 4) is 0 Å². The van der Waals surface area contributed by atoms with E-state index in [2.05, 4.69) is 14.5 Å². The Morgan fingerprint density at radius 3 is 2.95 bits per heavy atom. The first kappa shape index (κ1) is 11.6. The summed E-state index contributed by atoms with van der Waals surface area (Å²) in [5.41, 5.74) is 7.51. The van der Waals surface area contributed by atoms with Crippen molar-refractivity contribution in [1.82, 2.24) is 9.55 Å². The zero-order valence-corrected chi connectivity index (χ0v) is 10.3. The summed E-state index contributed by atoms with van der Waals surface area (Å²) in [6.45, 7) is 2.37. The monoisotopic (exact) mass is 258 g/mol. The van der Waals surface area contributed by atoms with E-state index in [-0.39, 0.29) is 5.56 Å². The van der Waals surface area contributed by atoms with Gasteiger partial charge in [-0.2, -0.15) is 0 Å². The summed E-state index contributed by atoms with van der Waals surface area (Å²) < 4.78 is 2.11. The number of carboxylic acids is 1. The number of carboxylic acid groups (broad SMARTS) is 1. The van der Waals surface area contributed by atoms with Gasteiger partial charge in [0.25, 0.3) is 0 Å². The average molecular weight is 258 g/mol. The first-order chi connectivity index (χ1) is 9.15. The lowest BCUT2D eigenvalue weighted by atomic mass is 10.1. The maximum atomic E-state index is 10.9.